The molecule has 9 nitrogen and oxygen atoms in total. The first kappa shape index (κ1) is 19.6. The molecule has 0 aliphatic carbocycles. The van der Waals surface area contributed by atoms with Crippen molar-refractivity contribution in [2.75, 3.05) is 0 Å². The Hall–Kier alpha value is -3.14. The van der Waals surface area contributed by atoms with Gasteiger partial charge in [-0.2, -0.15) is 5.10 Å². The summed E-state index contributed by atoms with van der Waals surface area (Å²) in [7, 11) is 0. The molecule has 146 valence electrons. The van der Waals surface area contributed by atoms with Crippen molar-refractivity contribution < 1.29 is 18.9 Å². The average molecular weight is 449 g/mol. The third kappa shape index (κ3) is 4.58. The van der Waals surface area contributed by atoms with Gasteiger partial charge < -0.3 is 14.5 Å². The van der Waals surface area contributed by atoms with Gasteiger partial charge in [0.15, 0.2) is 5.76 Å². The molecule has 1 N–H and O–H groups in total. The molecular weight excluding hydrogens is 432 g/mol. The van der Waals surface area contributed by atoms with Crippen molar-refractivity contribution in [2.45, 2.75) is 26.6 Å². The van der Waals surface area contributed by atoms with Crippen LogP contribution in [0.2, 0.25) is 0 Å². The molecule has 0 saturated carbocycles. The van der Waals surface area contributed by atoms with Crippen LogP contribution in [-0.2, 0) is 19.7 Å². The second-order valence-corrected chi connectivity index (χ2v) is 6.60. The molecule has 28 heavy (non-hydrogen) atoms. The summed E-state index contributed by atoms with van der Waals surface area (Å²) in [6.45, 7) is 3.07. The van der Waals surface area contributed by atoms with E-state index in [4.69, 9.17) is 9.15 Å². The van der Waals surface area contributed by atoms with E-state index in [0.29, 0.717) is 24.6 Å². The first-order chi connectivity index (χ1) is 13.5. The average Bonchev–Trinajstić information content (AvgIpc) is 3.31. The fourth-order valence-corrected chi connectivity index (χ4v) is 2.92. The predicted molar refractivity (Wildman–Crippen MR) is 103 cm³/mol. The number of carbonyl (C=O) groups excluding carboxylic acids is 1. The van der Waals surface area contributed by atoms with Gasteiger partial charge in [0.1, 0.15) is 18.1 Å². The minimum Gasteiger partial charge on any atom is -0.486 e. The maximum Gasteiger partial charge on any atom is 0.287 e. The lowest BCUT2D eigenvalue weighted by molar-refractivity contribution is -0.384. The molecule has 0 aliphatic heterocycles. The van der Waals surface area contributed by atoms with E-state index < -0.39 is 4.92 Å². The highest BCUT2D eigenvalue weighted by Crippen LogP contribution is 2.19. The predicted octanol–water partition coefficient (Wildman–Crippen LogP) is 3.68. The Labute approximate surface area is 168 Å². The molecule has 0 unspecified atom stereocenters. The van der Waals surface area contributed by atoms with Gasteiger partial charge in [-0.3, -0.25) is 19.6 Å². The lowest BCUT2D eigenvalue weighted by Crippen LogP contribution is -2.24. The van der Waals surface area contributed by atoms with Crippen LogP contribution in [0.4, 0.5) is 5.69 Å². The summed E-state index contributed by atoms with van der Waals surface area (Å²) < 4.78 is 13.6. The van der Waals surface area contributed by atoms with Crippen LogP contribution in [0.3, 0.4) is 0 Å². The van der Waals surface area contributed by atoms with Crippen LogP contribution >= 0.6 is 15.9 Å². The number of aryl methyl sites for hydroxylation is 1. The second-order valence-electron chi connectivity index (χ2n) is 5.74. The molecule has 0 spiro atoms. The number of nitrogens with one attached hydrogen (secondary N) is 1. The van der Waals surface area contributed by atoms with Gasteiger partial charge in [0.05, 0.1) is 27.8 Å². The zero-order valence-corrected chi connectivity index (χ0v) is 16.5. The van der Waals surface area contributed by atoms with Gasteiger partial charge in [0.2, 0.25) is 0 Å². The Bertz CT molecular complexity index is 980. The van der Waals surface area contributed by atoms with Crippen LogP contribution in [0.1, 0.15) is 28.9 Å². The van der Waals surface area contributed by atoms with Gasteiger partial charge in [-0.05, 0) is 47.1 Å². The Balaban J connectivity index is 1.55. The minimum atomic E-state index is -0.479. The van der Waals surface area contributed by atoms with Crippen molar-refractivity contribution in [2.24, 2.45) is 0 Å². The Morgan fingerprint density at radius 3 is 2.75 bits per heavy atom. The largest absolute Gasteiger partial charge is 0.486 e. The summed E-state index contributed by atoms with van der Waals surface area (Å²) in [6, 6.07) is 8.93. The smallest absolute Gasteiger partial charge is 0.287 e. The number of hydrogen-bond acceptors (Lipinski definition) is 6. The molecule has 3 rings (SSSR count). The van der Waals surface area contributed by atoms with Gasteiger partial charge >= 0.3 is 0 Å². The number of nitro groups is 1. The molecule has 0 radical (unpaired) electrons. The van der Waals surface area contributed by atoms with Crippen molar-refractivity contribution in [1.29, 1.82) is 0 Å². The van der Waals surface area contributed by atoms with Crippen LogP contribution in [-0.4, -0.2) is 20.6 Å². The lowest BCUT2D eigenvalue weighted by Gasteiger charge is -2.07. The highest BCUT2D eigenvalue weighted by atomic mass is 79.9. The summed E-state index contributed by atoms with van der Waals surface area (Å²) in [5.41, 5.74) is 0.851. The van der Waals surface area contributed by atoms with Crippen LogP contribution in [0, 0.1) is 10.1 Å². The molecule has 2 aromatic heterocycles. The number of amides is 1. The van der Waals surface area contributed by atoms with E-state index in [2.05, 4.69) is 26.3 Å². The SMILES string of the molecule is CCn1ncc(Br)c1CNC(=O)c1ccc(COc2ccc([N+](=O)[O-])cc2)o1. The molecule has 1 amide bonds. The number of benzene rings is 1. The Morgan fingerprint density at radius 2 is 2.07 bits per heavy atom. The molecule has 10 heteroatoms. The Kier molecular flexibility index (Phi) is 6.09. The number of halogens is 1. The first-order valence-corrected chi connectivity index (χ1v) is 9.21. The van der Waals surface area contributed by atoms with Gasteiger partial charge in [0.25, 0.3) is 11.6 Å². The van der Waals surface area contributed by atoms with E-state index in [1.807, 2.05) is 6.92 Å². The second kappa shape index (κ2) is 8.70. The van der Waals surface area contributed by atoms with Crippen molar-refractivity contribution in [3.8, 4) is 5.75 Å². The van der Waals surface area contributed by atoms with Crippen LogP contribution in [0.5, 0.6) is 5.75 Å². The van der Waals surface area contributed by atoms with Gasteiger partial charge in [-0.15, -0.1) is 0 Å². The molecule has 1 aromatic carbocycles. The third-order valence-corrected chi connectivity index (χ3v) is 4.59. The molecule has 0 aliphatic rings. The topological polar surface area (TPSA) is 112 Å². The van der Waals surface area contributed by atoms with Crippen molar-refractivity contribution in [3.63, 3.8) is 0 Å². The molecule has 0 atom stereocenters. The summed E-state index contributed by atoms with van der Waals surface area (Å²) in [6.07, 6.45) is 1.69. The van der Waals surface area contributed by atoms with E-state index >= 15 is 0 Å². The number of hydrogen-bond donors (Lipinski definition) is 1. The zero-order chi connectivity index (χ0) is 20.1. The van der Waals surface area contributed by atoms with Crippen LogP contribution in [0.25, 0.3) is 0 Å². The summed E-state index contributed by atoms with van der Waals surface area (Å²) in [5, 5.41) is 17.6. The maximum atomic E-state index is 12.3. The van der Waals surface area contributed by atoms with Crippen LogP contribution in [0.15, 0.2) is 51.5 Å². The summed E-state index contributed by atoms with van der Waals surface area (Å²) >= 11 is 3.41. The molecule has 0 bridgehead atoms. The number of rotatable bonds is 8. The number of furan rings is 1. The van der Waals surface area contributed by atoms with Gasteiger partial charge in [-0.1, -0.05) is 0 Å². The first-order valence-electron chi connectivity index (χ1n) is 8.42. The van der Waals surface area contributed by atoms with E-state index in [0.717, 1.165) is 10.2 Å². The molecule has 0 fully saturated rings. The fourth-order valence-electron chi connectivity index (χ4n) is 2.48. The summed E-state index contributed by atoms with van der Waals surface area (Å²) in [4.78, 5) is 22.5. The number of non-ortho nitro benzene ring substituents is 1. The maximum absolute atomic E-state index is 12.3. The normalized spacial score (nSPS) is 10.6. The monoisotopic (exact) mass is 448 g/mol. The molecule has 2 heterocycles. The number of ether oxygens (including phenoxy) is 1. The quantitative estimate of drug-likeness (QED) is 0.415. The van der Waals surface area contributed by atoms with Gasteiger partial charge in [0, 0.05) is 18.7 Å². The minimum absolute atomic E-state index is 0.0136. The fraction of sp³-hybridized carbons (Fsp3) is 0.222. The van der Waals surface area contributed by atoms with Crippen LogP contribution < -0.4 is 10.1 Å². The van der Waals surface area contributed by atoms with E-state index in [1.165, 1.54) is 24.3 Å². The standard InChI is InChI=1S/C18H17BrN4O5/c1-2-22-16(15(19)9-21-22)10-20-18(24)17-8-7-14(28-17)11-27-13-5-3-12(4-6-13)23(25)26/h3-9H,2,10-11H2,1H3,(H,20,24). The highest BCUT2D eigenvalue weighted by Gasteiger charge is 2.14. The van der Waals surface area contributed by atoms with Crippen molar-refractivity contribution in [1.82, 2.24) is 15.1 Å². The molecule has 0 saturated heterocycles. The number of carbonyl (C=O) groups is 1. The van der Waals surface area contributed by atoms with Gasteiger partial charge in [-0.25, -0.2) is 0 Å². The number of nitro benzene ring substituents is 1. The lowest BCUT2D eigenvalue weighted by atomic mass is 10.3. The summed E-state index contributed by atoms with van der Waals surface area (Å²) in [5.74, 6) is 0.743. The van der Waals surface area contributed by atoms with E-state index in [1.54, 1.807) is 23.0 Å². The van der Waals surface area contributed by atoms with Crippen molar-refractivity contribution >= 4 is 27.5 Å². The Morgan fingerprint density at radius 1 is 1.32 bits per heavy atom. The van der Waals surface area contributed by atoms with E-state index in [-0.39, 0.29) is 24.0 Å². The number of nitrogens with zero attached hydrogens (tertiary/aromatic N) is 3. The molecule has 3 aromatic rings. The van der Waals surface area contributed by atoms with E-state index in [9.17, 15) is 14.9 Å². The molecular formula is C18H17BrN4O5. The zero-order valence-electron chi connectivity index (χ0n) is 14.9. The number of aromatic nitrogens is 2. The van der Waals surface area contributed by atoms with Crippen molar-refractivity contribution in [3.05, 3.63) is 74.4 Å². The highest BCUT2D eigenvalue weighted by molar-refractivity contribution is 9.10. The third-order valence-electron chi connectivity index (χ3n) is 3.93.